The van der Waals surface area contributed by atoms with Gasteiger partial charge in [0.2, 0.25) is 17.7 Å². The number of amides is 3. The average molecular weight is 433 g/mol. The summed E-state index contributed by atoms with van der Waals surface area (Å²) in [6.07, 6.45) is 3.04. The molecule has 1 aliphatic heterocycles. The molecule has 1 rings (SSSR count). The highest BCUT2D eigenvalue weighted by Crippen LogP contribution is 2.18. The van der Waals surface area contributed by atoms with Crippen LogP contribution in [0.3, 0.4) is 0 Å². The molecule has 1 fully saturated rings. The van der Waals surface area contributed by atoms with Gasteiger partial charge >= 0.3 is 5.97 Å². The number of carbonyl (C=O) groups is 4. The maximum atomic E-state index is 12.7. The molecule has 3 amide bonds. The van der Waals surface area contributed by atoms with E-state index in [0.29, 0.717) is 25.0 Å². The number of carboxylic acid groups (broad SMARTS) is 1. The second-order valence-corrected chi connectivity index (χ2v) is 8.37. The molecule has 29 heavy (non-hydrogen) atoms. The molecule has 1 saturated heterocycles. The van der Waals surface area contributed by atoms with Crippen molar-refractivity contribution in [1.29, 1.82) is 0 Å². The van der Waals surface area contributed by atoms with Gasteiger partial charge in [-0.25, -0.2) is 4.79 Å². The van der Waals surface area contributed by atoms with Crippen LogP contribution in [0.4, 0.5) is 0 Å². The molecule has 4 atom stereocenters. The van der Waals surface area contributed by atoms with Crippen LogP contribution in [-0.2, 0) is 19.2 Å². The van der Waals surface area contributed by atoms with Gasteiger partial charge in [0.15, 0.2) is 0 Å². The summed E-state index contributed by atoms with van der Waals surface area (Å²) in [4.78, 5) is 50.1. The fourth-order valence-corrected chi connectivity index (χ4v) is 3.49. The predicted octanol–water partition coefficient (Wildman–Crippen LogP) is -1.24. The number of carbonyl (C=O) groups excluding carboxylic acids is 3. The van der Waals surface area contributed by atoms with Gasteiger partial charge in [-0.1, -0.05) is 13.8 Å². The third-order valence-corrected chi connectivity index (χ3v) is 5.53. The molecule has 0 aromatic rings. The van der Waals surface area contributed by atoms with Crippen molar-refractivity contribution in [2.45, 2.75) is 57.3 Å². The van der Waals surface area contributed by atoms with E-state index in [-0.39, 0.29) is 12.5 Å². The highest BCUT2D eigenvalue weighted by molar-refractivity contribution is 7.98. The molecule has 0 aromatic heterocycles. The largest absolute Gasteiger partial charge is 0.480 e. The van der Waals surface area contributed by atoms with Gasteiger partial charge in [-0.15, -0.1) is 0 Å². The van der Waals surface area contributed by atoms with E-state index in [1.165, 1.54) is 11.8 Å². The Morgan fingerprint density at radius 2 is 1.79 bits per heavy atom. The van der Waals surface area contributed by atoms with Crippen molar-refractivity contribution in [2.75, 3.05) is 25.2 Å². The van der Waals surface area contributed by atoms with E-state index in [1.807, 2.05) is 6.26 Å². The van der Waals surface area contributed by atoms with E-state index in [2.05, 4.69) is 10.6 Å². The number of aliphatic hydroxyl groups excluding tert-OH is 1. The number of nitrogens with two attached hydrogens (primary N) is 1. The minimum atomic E-state index is -1.28. The second-order valence-electron chi connectivity index (χ2n) is 7.38. The zero-order chi connectivity index (χ0) is 22.1. The fraction of sp³-hybridized carbons (Fsp3) is 0.778. The summed E-state index contributed by atoms with van der Waals surface area (Å²) in [5, 5.41) is 23.9. The van der Waals surface area contributed by atoms with Crippen molar-refractivity contribution >= 4 is 35.5 Å². The second kappa shape index (κ2) is 12.0. The zero-order valence-electron chi connectivity index (χ0n) is 17.1. The first-order valence-electron chi connectivity index (χ1n) is 9.63. The lowest BCUT2D eigenvalue weighted by atomic mass is 10.0. The van der Waals surface area contributed by atoms with Gasteiger partial charge in [-0.05, 0) is 37.2 Å². The van der Waals surface area contributed by atoms with Gasteiger partial charge in [-0.2, -0.15) is 11.8 Å². The summed E-state index contributed by atoms with van der Waals surface area (Å²) in [6.45, 7) is 3.15. The maximum absolute atomic E-state index is 12.7. The van der Waals surface area contributed by atoms with Crippen LogP contribution in [0.15, 0.2) is 0 Å². The van der Waals surface area contributed by atoms with Crippen molar-refractivity contribution in [2.24, 2.45) is 11.7 Å². The molecule has 0 bridgehead atoms. The maximum Gasteiger partial charge on any atom is 0.326 e. The average Bonchev–Trinajstić information content (AvgIpc) is 3.17. The van der Waals surface area contributed by atoms with Gasteiger partial charge < -0.3 is 31.5 Å². The number of hydrogen-bond acceptors (Lipinski definition) is 7. The molecule has 166 valence electrons. The Morgan fingerprint density at radius 1 is 1.17 bits per heavy atom. The number of nitrogens with one attached hydrogen (secondary N) is 2. The molecule has 0 aromatic carbocycles. The third kappa shape index (κ3) is 7.16. The van der Waals surface area contributed by atoms with Crippen LogP contribution in [-0.4, -0.2) is 88.1 Å². The van der Waals surface area contributed by atoms with E-state index >= 15 is 0 Å². The predicted molar refractivity (Wildman–Crippen MR) is 109 cm³/mol. The first-order valence-corrected chi connectivity index (χ1v) is 11.0. The Hall–Kier alpha value is -1.85. The molecule has 0 spiro atoms. The number of nitrogens with zero attached hydrogens (tertiary/aromatic N) is 1. The van der Waals surface area contributed by atoms with Crippen molar-refractivity contribution in [3.63, 3.8) is 0 Å². The SMILES string of the molecule is CSCCC(NC(=O)C(N)C(C)C)C(=O)NC(CO)C(=O)N1CCCC1C(=O)O. The van der Waals surface area contributed by atoms with Crippen LogP contribution in [0.2, 0.25) is 0 Å². The summed E-state index contributed by atoms with van der Waals surface area (Å²) in [6, 6.07) is -3.95. The summed E-state index contributed by atoms with van der Waals surface area (Å²) < 4.78 is 0. The molecular formula is C18H32N4O6S. The van der Waals surface area contributed by atoms with Crippen LogP contribution >= 0.6 is 11.8 Å². The van der Waals surface area contributed by atoms with Crippen LogP contribution < -0.4 is 16.4 Å². The van der Waals surface area contributed by atoms with E-state index in [4.69, 9.17) is 5.73 Å². The quantitative estimate of drug-likeness (QED) is 0.271. The molecular weight excluding hydrogens is 400 g/mol. The van der Waals surface area contributed by atoms with Crippen LogP contribution in [0.5, 0.6) is 0 Å². The van der Waals surface area contributed by atoms with E-state index in [9.17, 15) is 29.4 Å². The highest BCUT2D eigenvalue weighted by Gasteiger charge is 2.38. The number of aliphatic hydroxyl groups is 1. The first kappa shape index (κ1) is 25.2. The smallest absolute Gasteiger partial charge is 0.326 e. The van der Waals surface area contributed by atoms with Gasteiger partial charge in [0.25, 0.3) is 0 Å². The normalized spacial score (nSPS) is 19.5. The van der Waals surface area contributed by atoms with Crippen molar-refractivity contribution in [3.8, 4) is 0 Å². The molecule has 0 aliphatic carbocycles. The standard InChI is InChI=1S/C18H32N4O6S/c1-10(2)14(19)16(25)20-11(6-8-29-3)15(24)21-12(9-23)17(26)22-7-4-5-13(22)18(27)28/h10-14,23H,4-9,19H2,1-3H3,(H,20,25)(H,21,24)(H,27,28). The van der Waals surface area contributed by atoms with Crippen LogP contribution in [0.25, 0.3) is 0 Å². The molecule has 11 heteroatoms. The Morgan fingerprint density at radius 3 is 2.31 bits per heavy atom. The number of hydrogen-bond donors (Lipinski definition) is 5. The highest BCUT2D eigenvalue weighted by atomic mass is 32.2. The number of aliphatic carboxylic acids is 1. The molecule has 10 nitrogen and oxygen atoms in total. The minimum Gasteiger partial charge on any atom is -0.480 e. The van der Waals surface area contributed by atoms with E-state index in [0.717, 1.165) is 4.90 Å². The molecule has 1 heterocycles. The van der Waals surface area contributed by atoms with Gasteiger partial charge in [0.05, 0.1) is 12.6 Å². The van der Waals surface area contributed by atoms with E-state index in [1.54, 1.807) is 13.8 Å². The number of rotatable bonds is 11. The van der Waals surface area contributed by atoms with Gasteiger partial charge in [0.1, 0.15) is 18.1 Å². The zero-order valence-corrected chi connectivity index (χ0v) is 17.9. The molecule has 1 aliphatic rings. The Labute approximate surface area is 174 Å². The Balaban J connectivity index is 2.85. The van der Waals surface area contributed by atoms with Gasteiger partial charge in [0, 0.05) is 6.54 Å². The number of carboxylic acids is 1. The van der Waals surface area contributed by atoms with Gasteiger partial charge in [-0.3, -0.25) is 14.4 Å². The summed E-state index contributed by atoms with van der Waals surface area (Å²) >= 11 is 1.49. The lowest BCUT2D eigenvalue weighted by molar-refractivity contribution is -0.150. The van der Waals surface area contributed by atoms with Crippen LogP contribution in [0, 0.1) is 5.92 Å². The lowest BCUT2D eigenvalue weighted by Crippen LogP contribution is -2.58. The number of likely N-dealkylation sites (tertiary alicyclic amines) is 1. The monoisotopic (exact) mass is 432 g/mol. The number of thioether (sulfide) groups is 1. The fourth-order valence-electron chi connectivity index (χ4n) is 3.02. The lowest BCUT2D eigenvalue weighted by Gasteiger charge is -2.28. The molecule has 6 N–H and O–H groups in total. The molecule has 0 radical (unpaired) electrons. The van der Waals surface area contributed by atoms with E-state index < -0.39 is 54.5 Å². The first-order chi connectivity index (χ1) is 13.6. The minimum absolute atomic E-state index is 0.117. The topological polar surface area (TPSA) is 162 Å². The van der Waals surface area contributed by atoms with Crippen molar-refractivity contribution in [3.05, 3.63) is 0 Å². The Kier molecular flexibility index (Phi) is 10.4. The van der Waals surface area contributed by atoms with Crippen LogP contribution in [0.1, 0.15) is 33.1 Å². The molecule has 0 saturated carbocycles. The molecule has 4 unspecified atom stereocenters. The third-order valence-electron chi connectivity index (χ3n) is 4.88. The summed E-state index contributed by atoms with van der Waals surface area (Å²) in [5.41, 5.74) is 5.83. The van der Waals surface area contributed by atoms with Crippen molar-refractivity contribution in [1.82, 2.24) is 15.5 Å². The summed E-state index contributed by atoms with van der Waals surface area (Å²) in [7, 11) is 0. The Bertz CT molecular complexity index is 603. The van der Waals surface area contributed by atoms with Crippen molar-refractivity contribution < 1.29 is 29.4 Å². The summed E-state index contributed by atoms with van der Waals surface area (Å²) in [5.74, 6) is -2.40.